The second-order valence-corrected chi connectivity index (χ2v) is 5.95. The Labute approximate surface area is 120 Å². The second-order valence-electron chi connectivity index (χ2n) is 4.64. The third kappa shape index (κ3) is 2.21. The molecule has 0 saturated carbocycles. The number of hydrogen-bond acceptors (Lipinski definition) is 4. The molecule has 0 bridgehead atoms. The normalized spacial score (nSPS) is 12.9. The Morgan fingerprint density at radius 2 is 2.26 bits per heavy atom. The van der Waals surface area contributed by atoms with Gasteiger partial charge in [0.1, 0.15) is 0 Å². The average Bonchev–Trinajstić information content (AvgIpc) is 3.00. The van der Waals surface area contributed by atoms with Gasteiger partial charge in [-0.2, -0.15) is 0 Å². The van der Waals surface area contributed by atoms with Crippen molar-refractivity contribution in [3.8, 4) is 0 Å². The molecule has 4 nitrogen and oxygen atoms in total. The fourth-order valence-electron chi connectivity index (χ4n) is 2.17. The highest BCUT2D eigenvalue weighted by atomic mass is 32.1. The molecule has 0 spiro atoms. The molecule has 1 atom stereocenters. The van der Waals surface area contributed by atoms with Gasteiger partial charge in [0.05, 0.1) is 10.5 Å². The van der Waals surface area contributed by atoms with E-state index in [9.17, 15) is 0 Å². The van der Waals surface area contributed by atoms with Crippen LogP contribution in [0.25, 0.3) is 11.2 Å². The third-order valence-electron chi connectivity index (χ3n) is 3.20. The Kier molecular flexibility index (Phi) is 3.20. The van der Waals surface area contributed by atoms with Crippen molar-refractivity contribution in [2.24, 2.45) is 0 Å². The number of rotatable bonds is 3. The van der Waals surface area contributed by atoms with Crippen molar-refractivity contribution < 1.29 is 0 Å². The number of pyridine rings is 1. The summed E-state index contributed by atoms with van der Waals surface area (Å²) in [6.07, 6.45) is 3.66. The molecule has 0 fully saturated rings. The molecule has 0 saturated heterocycles. The van der Waals surface area contributed by atoms with Crippen molar-refractivity contribution in [1.82, 2.24) is 19.5 Å². The van der Waals surface area contributed by atoms with Crippen molar-refractivity contribution in [2.45, 2.75) is 26.3 Å². The van der Waals surface area contributed by atoms with Gasteiger partial charge in [-0.15, -0.1) is 11.3 Å². The maximum absolute atomic E-state index is 5.41. The summed E-state index contributed by atoms with van der Waals surface area (Å²) in [5, 5.41) is 3.13. The molecular weight excluding hydrogens is 276 g/mol. The Morgan fingerprint density at radius 3 is 3.00 bits per heavy atom. The van der Waals surface area contributed by atoms with E-state index in [0.717, 1.165) is 33.1 Å². The van der Waals surface area contributed by atoms with Gasteiger partial charge in [0.2, 0.25) is 0 Å². The van der Waals surface area contributed by atoms with E-state index in [1.807, 2.05) is 23.8 Å². The first-order valence-electron chi connectivity index (χ1n) is 6.10. The van der Waals surface area contributed by atoms with Crippen LogP contribution in [-0.4, -0.2) is 19.5 Å². The molecule has 3 aromatic heterocycles. The fourth-order valence-corrected chi connectivity index (χ4v) is 3.13. The van der Waals surface area contributed by atoms with E-state index in [-0.39, 0.29) is 0 Å². The molecule has 6 heteroatoms. The predicted octanol–water partition coefficient (Wildman–Crippen LogP) is 3.66. The van der Waals surface area contributed by atoms with E-state index in [0.29, 0.717) is 5.92 Å². The first kappa shape index (κ1) is 12.5. The molecule has 0 amide bonds. The third-order valence-corrected chi connectivity index (χ3v) is 4.53. The summed E-state index contributed by atoms with van der Waals surface area (Å²) in [6.45, 7) is 5.02. The summed E-state index contributed by atoms with van der Waals surface area (Å²) in [4.78, 5) is 12.1. The standard InChI is InChI=1S/C13H14N4S2/c1-8-3-4-14-11-10(8)16-13(18)17(11)7-9(2)12-15-5-6-19-12/h3-6,9H,7H2,1-2H3,(H,16,18). The second kappa shape index (κ2) is 4.86. The van der Waals surface area contributed by atoms with Crippen molar-refractivity contribution in [2.75, 3.05) is 0 Å². The lowest BCUT2D eigenvalue weighted by Crippen LogP contribution is -2.06. The molecule has 0 radical (unpaired) electrons. The van der Waals surface area contributed by atoms with Gasteiger partial charge < -0.3 is 9.55 Å². The van der Waals surface area contributed by atoms with Crippen LogP contribution in [0.4, 0.5) is 0 Å². The summed E-state index contributed by atoms with van der Waals surface area (Å²) < 4.78 is 2.78. The topological polar surface area (TPSA) is 46.5 Å². The number of aromatic nitrogens is 4. The smallest absolute Gasteiger partial charge is 0.179 e. The van der Waals surface area contributed by atoms with Gasteiger partial charge in [-0.3, -0.25) is 0 Å². The molecular formula is C13H14N4S2. The zero-order valence-electron chi connectivity index (χ0n) is 10.8. The molecule has 1 unspecified atom stereocenters. The first-order chi connectivity index (χ1) is 9.16. The van der Waals surface area contributed by atoms with E-state index in [1.165, 1.54) is 0 Å². The number of nitrogens with zero attached hydrogens (tertiary/aromatic N) is 3. The van der Waals surface area contributed by atoms with E-state index in [1.54, 1.807) is 11.3 Å². The van der Waals surface area contributed by atoms with Crippen LogP contribution in [0, 0.1) is 11.7 Å². The zero-order valence-corrected chi connectivity index (χ0v) is 12.4. The minimum absolute atomic E-state index is 0.327. The van der Waals surface area contributed by atoms with Crippen molar-refractivity contribution in [3.05, 3.63) is 39.2 Å². The van der Waals surface area contributed by atoms with Crippen molar-refractivity contribution >= 4 is 34.7 Å². The molecule has 98 valence electrons. The Balaban J connectivity index is 2.04. The summed E-state index contributed by atoms with van der Waals surface area (Å²) in [5.74, 6) is 0.327. The Hall–Kier alpha value is -1.53. The van der Waals surface area contributed by atoms with E-state index >= 15 is 0 Å². The SMILES string of the molecule is Cc1ccnc2c1[nH]c(=S)n2CC(C)c1nccs1. The number of H-pyrrole nitrogens is 1. The van der Waals surface area contributed by atoms with Crippen LogP contribution in [-0.2, 0) is 6.54 Å². The summed E-state index contributed by atoms with van der Waals surface area (Å²) >= 11 is 7.09. The summed E-state index contributed by atoms with van der Waals surface area (Å²) in [7, 11) is 0. The van der Waals surface area contributed by atoms with Crippen LogP contribution < -0.4 is 0 Å². The number of fused-ring (bicyclic) bond motifs is 1. The van der Waals surface area contributed by atoms with Gasteiger partial charge >= 0.3 is 0 Å². The molecule has 0 aliphatic rings. The zero-order chi connectivity index (χ0) is 13.4. The van der Waals surface area contributed by atoms with E-state index in [4.69, 9.17) is 12.2 Å². The lowest BCUT2D eigenvalue weighted by molar-refractivity contribution is 0.598. The highest BCUT2D eigenvalue weighted by molar-refractivity contribution is 7.71. The van der Waals surface area contributed by atoms with Crippen LogP contribution in [0.3, 0.4) is 0 Å². The van der Waals surface area contributed by atoms with Crippen LogP contribution in [0.2, 0.25) is 0 Å². The number of aromatic amines is 1. The van der Waals surface area contributed by atoms with Crippen LogP contribution in [0.5, 0.6) is 0 Å². The number of hydrogen-bond donors (Lipinski definition) is 1. The molecule has 0 aromatic carbocycles. The van der Waals surface area contributed by atoms with Crippen molar-refractivity contribution in [1.29, 1.82) is 0 Å². The summed E-state index contributed by atoms with van der Waals surface area (Å²) in [5.41, 5.74) is 3.11. The molecule has 3 rings (SSSR count). The van der Waals surface area contributed by atoms with Gasteiger partial charge in [0, 0.05) is 30.2 Å². The fraction of sp³-hybridized carbons (Fsp3) is 0.308. The molecule has 0 aliphatic heterocycles. The maximum atomic E-state index is 5.41. The molecule has 19 heavy (non-hydrogen) atoms. The highest BCUT2D eigenvalue weighted by Crippen LogP contribution is 2.22. The lowest BCUT2D eigenvalue weighted by Gasteiger charge is -2.09. The molecule has 1 N–H and O–H groups in total. The molecule has 3 aromatic rings. The predicted molar refractivity (Wildman–Crippen MR) is 80.2 cm³/mol. The highest BCUT2D eigenvalue weighted by Gasteiger charge is 2.13. The quantitative estimate of drug-likeness (QED) is 0.749. The molecule has 3 heterocycles. The minimum atomic E-state index is 0.327. The number of nitrogens with one attached hydrogen (secondary N) is 1. The largest absolute Gasteiger partial charge is 0.329 e. The first-order valence-corrected chi connectivity index (χ1v) is 7.39. The lowest BCUT2D eigenvalue weighted by atomic mass is 10.2. The monoisotopic (exact) mass is 290 g/mol. The Morgan fingerprint density at radius 1 is 1.42 bits per heavy atom. The van der Waals surface area contributed by atoms with Gasteiger partial charge in [0.25, 0.3) is 0 Å². The van der Waals surface area contributed by atoms with E-state index in [2.05, 4.69) is 33.4 Å². The van der Waals surface area contributed by atoms with Gasteiger partial charge in [-0.05, 0) is 30.8 Å². The number of aryl methyl sites for hydroxylation is 1. The van der Waals surface area contributed by atoms with Crippen molar-refractivity contribution in [3.63, 3.8) is 0 Å². The number of imidazole rings is 1. The van der Waals surface area contributed by atoms with Crippen LogP contribution in [0.15, 0.2) is 23.8 Å². The van der Waals surface area contributed by atoms with Gasteiger partial charge in [-0.1, -0.05) is 6.92 Å². The maximum Gasteiger partial charge on any atom is 0.179 e. The molecule has 0 aliphatic carbocycles. The van der Waals surface area contributed by atoms with Crippen LogP contribution in [0.1, 0.15) is 23.4 Å². The van der Waals surface area contributed by atoms with Crippen LogP contribution >= 0.6 is 23.6 Å². The average molecular weight is 290 g/mol. The minimum Gasteiger partial charge on any atom is -0.329 e. The number of thiazole rings is 1. The Bertz CT molecular complexity index is 755. The van der Waals surface area contributed by atoms with E-state index < -0.39 is 0 Å². The summed E-state index contributed by atoms with van der Waals surface area (Å²) in [6, 6.07) is 1.99. The van der Waals surface area contributed by atoms with Gasteiger partial charge in [-0.25, -0.2) is 9.97 Å². The van der Waals surface area contributed by atoms with Gasteiger partial charge in [0.15, 0.2) is 10.4 Å².